The van der Waals surface area contributed by atoms with Crippen molar-refractivity contribution in [2.24, 2.45) is 0 Å². The molecule has 0 spiro atoms. The van der Waals surface area contributed by atoms with Gasteiger partial charge in [-0.1, -0.05) is 6.07 Å². The third-order valence-corrected chi connectivity index (χ3v) is 3.93. The van der Waals surface area contributed by atoms with Crippen molar-refractivity contribution in [3.8, 4) is 5.88 Å². The van der Waals surface area contributed by atoms with Crippen molar-refractivity contribution in [3.63, 3.8) is 0 Å². The number of hydrogen-bond acceptors (Lipinski definition) is 4. The number of amides is 2. The van der Waals surface area contributed by atoms with Crippen LogP contribution >= 0.6 is 0 Å². The molecular formula is C18H16F3N3O3. The molecular weight excluding hydrogens is 363 g/mol. The highest BCUT2D eigenvalue weighted by Crippen LogP contribution is 2.32. The lowest BCUT2D eigenvalue weighted by molar-refractivity contribution is -0.137. The molecule has 142 valence electrons. The molecule has 1 aliphatic rings. The minimum atomic E-state index is -4.65. The van der Waals surface area contributed by atoms with Gasteiger partial charge in [0.05, 0.1) is 18.7 Å². The van der Waals surface area contributed by atoms with Gasteiger partial charge in [0, 0.05) is 29.9 Å². The molecule has 0 unspecified atom stereocenters. The first-order chi connectivity index (χ1) is 12.7. The zero-order chi connectivity index (χ0) is 19.6. The van der Waals surface area contributed by atoms with Crippen molar-refractivity contribution in [1.29, 1.82) is 0 Å². The molecule has 0 radical (unpaired) electrons. The largest absolute Gasteiger partial charge is 0.476 e. The van der Waals surface area contributed by atoms with Gasteiger partial charge in [0.1, 0.15) is 6.61 Å². The van der Waals surface area contributed by atoms with E-state index in [2.05, 4.69) is 10.3 Å². The van der Waals surface area contributed by atoms with Gasteiger partial charge in [-0.3, -0.25) is 9.59 Å². The van der Waals surface area contributed by atoms with Gasteiger partial charge >= 0.3 is 6.18 Å². The molecule has 2 amide bonds. The van der Waals surface area contributed by atoms with Gasteiger partial charge in [0.15, 0.2) is 0 Å². The zero-order valence-corrected chi connectivity index (χ0v) is 14.3. The second-order valence-electron chi connectivity index (χ2n) is 6.02. The van der Waals surface area contributed by atoms with Crippen molar-refractivity contribution in [1.82, 2.24) is 9.88 Å². The van der Waals surface area contributed by atoms with Crippen LogP contribution in [0.1, 0.15) is 28.4 Å². The number of nitrogens with zero attached hydrogens (tertiary/aromatic N) is 2. The van der Waals surface area contributed by atoms with Gasteiger partial charge in [-0.05, 0) is 24.3 Å². The fourth-order valence-electron chi connectivity index (χ4n) is 2.76. The second kappa shape index (κ2) is 7.26. The molecule has 2 aromatic rings. The molecule has 6 nitrogen and oxygen atoms in total. The van der Waals surface area contributed by atoms with Crippen molar-refractivity contribution in [2.75, 3.05) is 18.5 Å². The van der Waals surface area contributed by atoms with Gasteiger partial charge in [-0.25, -0.2) is 4.98 Å². The standard InChI is InChI=1S/C18H16F3N3O3/c1-11(25)23-15-8-13(7-14(9-15)18(19,20)21)17(26)24-5-6-27-16-12(10-24)3-2-4-22-16/h2-4,7-9H,5-6,10H2,1H3,(H,23,25). The molecule has 1 aromatic heterocycles. The Morgan fingerprint density at radius 3 is 2.74 bits per heavy atom. The first-order valence-electron chi connectivity index (χ1n) is 8.10. The number of alkyl halides is 3. The van der Waals surface area contributed by atoms with Crippen molar-refractivity contribution < 1.29 is 27.5 Å². The van der Waals surface area contributed by atoms with Crippen LogP contribution in [0, 0.1) is 0 Å². The van der Waals surface area contributed by atoms with E-state index in [1.54, 1.807) is 18.3 Å². The van der Waals surface area contributed by atoms with Gasteiger partial charge in [0.2, 0.25) is 11.8 Å². The molecule has 0 bridgehead atoms. The molecule has 2 heterocycles. The SMILES string of the molecule is CC(=O)Nc1cc(C(=O)N2CCOc3ncccc3C2)cc(C(F)(F)F)c1. The van der Waals surface area contributed by atoms with Crippen LogP contribution in [0.3, 0.4) is 0 Å². The number of pyridine rings is 1. The summed E-state index contributed by atoms with van der Waals surface area (Å²) in [6.45, 7) is 1.71. The summed E-state index contributed by atoms with van der Waals surface area (Å²) >= 11 is 0. The van der Waals surface area contributed by atoms with Crippen LogP contribution in [0.5, 0.6) is 5.88 Å². The maximum Gasteiger partial charge on any atom is 0.416 e. The van der Waals surface area contributed by atoms with E-state index >= 15 is 0 Å². The number of ether oxygens (including phenoxy) is 1. The molecule has 0 aliphatic carbocycles. The third-order valence-electron chi connectivity index (χ3n) is 3.93. The van der Waals surface area contributed by atoms with Crippen LogP contribution in [0.25, 0.3) is 0 Å². The highest BCUT2D eigenvalue weighted by Gasteiger charge is 2.32. The normalized spacial score (nSPS) is 14.0. The number of aromatic nitrogens is 1. The van der Waals surface area contributed by atoms with Crippen LogP contribution in [0.15, 0.2) is 36.5 Å². The summed E-state index contributed by atoms with van der Waals surface area (Å²) in [5.41, 5.74) is -0.600. The van der Waals surface area contributed by atoms with Crippen LogP contribution in [-0.2, 0) is 17.5 Å². The molecule has 1 aromatic carbocycles. The van der Waals surface area contributed by atoms with Crippen LogP contribution in [0.2, 0.25) is 0 Å². The predicted molar refractivity (Wildman–Crippen MR) is 90.2 cm³/mol. The summed E-state index contributed by atoms with van der Waals surface area (Å²) in [7, 11) is 0. The number of anilines is 1. The number of benzene rings is 1. The number of fused-ring (bicyclic) bond motifs is 1. The lowest BCUT2D eigenvalue weighted by atomic mass is 10.1. The maximum absolute atomic E-state index is 13.2. The van der Waals surface area contributed by atoms with E-state index in [1.807, 2.05) is 0 Å². The van der Waals surface area contributed by atoms with Gasteiger partial charge in [0.25, 0.3) is 5.91 Å². The Morgan fingerprint density at radius 2 is 2.04 bits per heavy atom. The topological polar surface area (TPSA) is 71.5 Å². The summed E-state index contributed by atoms with van der Waals surface area (Å²) in [6.07, 6.45) is -3.09. The Morgan fingerprint density at radius 1 is 1.26 bits per heavy atom. The Bertz CT molecular complexity index is 884. The Hall–Kier alpha value is -3.10. The number of carbonyl (C=O) groups excluding carboxylic acids is 2. The summed E-state index contributed by atoms with van der Waals surface area (Å²) in [6, 6.07) is 6.24. The maximum atomic E-state index is 13.2. The van der Waals surface area contributed by atoms with Crippen LogP contribution < -0.4 is 10.1 Å². The molecule has 1 N–H and O–H groups in total. The molecule has 0 fully saturated rings. The Balaban J connectivity index is 1.94. The van der Waals surface area contributed by atoms with E-state index in [1.165, 1.54) is 17.9 Å². The summed E-state index contributed by atoms with van der Waals surface area (Å²) in [4.78, 5) is 29.5. The fraction of sp³-hybridized carbons (Fsp3) is 0.278. The van der Waals surface area contributed by atoms with Crippen molar-refractivity contribution >= 4 is 17.5 Å². The number of rotatable bonds is 2. The number of carbonyl (C=O) groups is 2. The Labute approximate surface area is 152 Å². The smallest absolute Gasteiger partial charge is 0.416 e. The first kappa shape index (κ1) is 18.7. The van der Waals surface area contributed by atoms with Crippen molar-refractivity contribution in [2.45, 2.75) is 19.6 Å². The lowest BCUT2D eigenvalue weighted by Crippen LogP contribution is -2.32. The minimum Gasteiger partial charge on any atom is -0.476 e. The fourth-order valence-corrected chi connectivity index (χ4v) is 2.76. The van der Waals surface area contributed by atoms with E-state index < -0.39 is 23.6 Å². The van der Waals surface area contributed by atoms with Crippen molar-refractivity contribution in [3.05, 3.63) is 53.2 Å². The molecule has 3 rings (SSSR count). The lowest BCUT2D eigenvalue weighted by Gasteiger charge is -2.21. The molecule has 9 heteroatoms. The number of halogens is 3. The molecule has 0 saturated carbocycles. The summed E-state index contributed by atoms with van der Waals surface area (Å²) in [5.74, 6) is -0.723. The summed E-state index contributed by atoms with van der Waals surface area (Å²) < 4.78 is 45.0. The molecule has 0 saturated heterocycles. The average molecular weight is 379 g/mol. The predicted octanol–water partition coefficient (Wildman–Crippen LogP) is 3.09. The first-order valence-corrected chi connectivity index (χ1v) is 8.10. The quantitative estimate of drug-likeness (QED) is 0.871. The van der Waals surface area contributed by atoms with E-state index in [0.717, 1.165) is 12.1 Å². The van der Waals surface area contributed by atoms with E-state index in [0.29, 0.717) is 11.4 Å². The third kappa shape index (κ3) is 4.36. The highest BCUT2D eigenvalue weighted by atomic mass is 19.4. The minimum absolute atomic E-state index is 0.0891. The van der Waals surface area contributed by atoms with E-state index in [-0.39, 0.29) is 30.9 Å². The van der Waals surface area contributed by atoms with E-state index in [4.69, 9.17) is 4.74 Å². The average Bonchev–Trinajstić information content (AvgIpc) is 2.81. The highest BCUT2D eigenvalue weighted by molar-refractivity contribution is 5.97. The van der Waals surface area contributed by atoms with E-state index in [9.17, 15) is 22.8 Å². The second-order valence-corrected chi connectivity index (χ2v) is 6.02. The van der Waals surface area contributed by atoms with Gasteiger partial charge in [-0.2, -0.15) is 13.2 Å². The Kier molecular flexibility index (Phi) is 5.02. The molecule has 1 aliphatic heterocycles. The van der Waals surface area contributed by atoms with Gasteiger partial charge < -0.3 is 15.0 Å². The van der Waals surface area contributed by atoms with Crippen LogP contribution in [0.4, 0.5) is 18.9 Å². The molecule has 27 heavy (non-hydrogen) atoms. The van der Waals surface area contributed by atoms with Gasteiger partial charge in [-0.15, -0.1) is 0 Å². The summed E-state index contributed by atoms with van der Waals surface area (Å²) in [5, 5.41) is 2.30. The molecule has 0 atom stereocenters. The number of nitrogens with one attached hydrogen (secondary N) is 1. The zero-order valence-electron chi connectivity index (χ0n) is 14.3. The monoisotopic (exact) mass is 379 g/mol. The van der Waals surface area contributed by atoms with Crippen LogP contribution in [-0.4, -0.2) is 34.8 Å². The number of hydrogen-bond donors (Lipinski definition) is 1.